The van der Waals surface area contributed by atoms with Crippen LogP contribution in [0.4, 0.5) is 0 Å². The van der Waals surface area contributed by atoms with E-state index in [4.69, 9.17) is 9.15 Å². The number of benzene rings is 1. The molecular weight excluding hydrogens is 471 g/mol. The molecule has 7 nitrogen and oxygen atoms in total. The fraction of sp³-hybridized carbons (Fsp3) is 0.400. The summed E-state index contributed by atoms with van der Waals surface area (Å²) in [7, 11) is 3.42. The van der Waals surface area contributed by atoms with E-state index >= 15 is 0 Å². The van der Waals surface area contributed by atoms with Crippen molar-refractivity contribution in [3.05, 3.63) is 53.5 Å². The number of hydrogen-bond acceptors (Lipinski definition) is 4. The Labute approximate surface area is 183 Å². The van der Waals surface area contributed by atoms with Crippen LogP contribution in [0.25, 0.3) is 0 Å². The van der Waals surface area contributed by atoms with E-state index in [0.29, 0.717) is 18.8 Å². The highest BCUT2D eigenvalue weighted by molar-refractivity contribution is 14.0. The van der Waals surface area contributed by atoms with Gasteiger partial charge in [0.1, 0.15) is 5.75 Å². The van der Waals surface area contributed by atoms with E-state index in [9.17, 15) is 4.79 Å². The molecule has 3 N–H and O–H groups in total. The molecule has 2 aromatic rings. The predicted octanol–water partition coefficient (Wildman–Crippen LogP) is 2.74. The number of rotatable bonds is 9. The van der Waals surface area contributed by atoms with Gasteiger partial charge < -0.3 is 25.1 Å². The zero-order valence-corrected chi connectivity index (χ0v) is 18.9. The zero-order chi connectivity index (χ0) is 19.5. The first-order valence-corrected chi connectivity index (χ1v) is 9.04. The molecule has 8 heteroatoms. The lowest BCUT2D eigenvalue weighted by atomic mass is 10.1. The maximum Gasteiger partial charge on any atom is 0.287 e. The number of ether oxygens (including phenoxy) is 1. The molecule has 0 aliphatic heterocycles. The van der Waals surface area contributed by atoms with Crippen LogP contribution >= 0.6 is 24.0 Å². The third kappa shape index (κ3) is 7.41. The van der Waals surface area contributed by atoms with Gasteiger partial charge in [0.25, 0.3) is 5.91 Å². The number of halogens is 1. The highest BCUT2D eigenvalue weighted by Crippen LogP contribution is 2.17. The molecule has 0 fully saturated rings. The van der Waals surface area contributed by atoms with E-state index in [1.165, 1.54) is 6.26 Å². The Kier molecular flexibility index (Phi) is 11.1. The van der Waals surface area contributed by atoms with Gasteiger partial charge in [-0.2, -0.15) is 0 Å². The summed E-state index contributed by atoms with van der Waals surface area (Å²) < 4.78 is 10.5. The van der Waals surface area contributed by atoms with Gasteiger partial charge in [0, 0.05) is 32.2 Å². The van der Waals surface area contributed by atoms with Gasteiger partial charge in [-0.25, -0.2) is 0 Å². The summed E-state index contributed by atoms with van der Waals surface area (Å²) in [6, 6.07) is 9.75. The first kappa shape index (κ1) is 23.8. The smallest absolute Gasteiger partial charge is 0.287 e. The van der Waals surface area contributed by atoms with Crippen molar-refractivity contribution in [2.24, 2.45) is 4.99 Å². The normalized spacial score (nSPS) is 10.8. The van der Waals surface area contributed by atoms with Crippen LogP contribution in [0.5, 0.6) is 5.75 Å². The second-order valence-electron chi connectivity index (χ2n) is 6.03. The summed E-state index contributed by atoms with van der Waals surface area (Å²) >= 11 is 0. The van der Waals surface area contributed by atoms with E-state index in [-0.39, 0.29) is 29.9 Å². The number of amides is 1. The summed E-state index contributed by atoms with van der Waals surface area (Å²) in [6.07, 6.45) is 3.13. The number of furan rings is 1. The summed E-state index contributed by atoms with van der Waals surface area (Å²) in [5.41, 5.74) is 1.99. The summed E-state index contributed by atoms with van der Waals surface area (Å²) in [4.78, 5) is 16.1. The molecule has 0 atom stereocenters. The van der Waals surface area contributed by atoms with Crippen LogP contribution in [0.2, 0.25) is 0 Å². The van der Waals surface area contributed by atoms with Crippen LogP contribution in [0.3, 0.4) is 0 Å². The average molecular weight is 500 g/mol. The van der Waals surface area contributed by atoms with Gasteiger partial charge in [0.05, 0.1) is 13.4 Å². The Morgan fingerprint density at radius 1 is 1.11 bits per heavy atom. The Hall–Kier alpha value is -2.23. The van der Waals surface area contributed by atoms with Crippen molar-refractivity contribution >= 4 is 35.8 Å². The number of carbonyl (C=O) groups is 1. The number of aliphatic imine (C=N–C) groups is 1. The maximum atomic E-state index is 11.9. The Balaban J connectivity index is 0.00000392. The number of carbonyl (C=O) groups excluding carboxylic acids is 1. The Morgan fingerprint density at radius 2 is 1.82 bits per heavy atom. The molecule has 0 bridgehead atoms. The van der Waals surface area contributed by atoms with E-state index < -0.39 is 0 Å². The third-order valence-electron chi connectivity index (χ3n) is 4.10. The quantitative estimate of drug-likeness (QED) is 0.213. The van der Waals surface area contributed by atoms with Crippen LogP contribution in [0.1, 0.15) is 28.1 Å². The zero-order valence-electron chi connectivity index (χ0n) is 16.6. The fourth-order valence-corrected chi connectivity index (χ4v) is 2.63. The van der Waals surface area contributed by atoms with Gasteiger partial charge in [-0.05, 0) is 37.5 Å². The number of hydrogen-bond donors (Lipinski definition) is 3. The van der Waals surface area contributed by atoms with Gasteiger partial charge in [0.2, 0.25) is 0 Å². The third-order valence-corrected chi connectivity index (χ3v) is 4.10. The number of aryl methyl sites for hydroxylation is 1. The van der Waals surface area contributed by atoms with E-state index in [0.717, 1.165) is 42.2 Å². The van der Waals surface area contributed by atoms with Crippen molar-refractivity contribution in [2.45, 2.75) is 19.8 Å². The minimum absolute atomic E-state index is 0. The van der Waals surface area contributed by atoms with E-state index in [2.05, 4.69) is 27.0 Å². The van der Waals surface area contributed by atoms with Crippen molar-refractivity contribution in [2.75, 3.05) is 33.8 Å². The molecule has 0 spiro atoms. The van der Waals surface area contributed by atoms with Crippen molar-refractivity contribution in [1.82, 2.24) is 16.0 Å². The second-order valence-corrected chi connectivity index (χ2v) is 6.03. The van der Waals surface area contributed by atoms with Crippen LogP contribution in [-0.2, 0) is 6.42 Å². The maximum absolute atomic E-state index is 11.9. The summed E-state index contributed by atoms with van der Waals surface area (Å²) in [5, 5.41) is 9.36. The molecule has 0 aliphatic rings. The largest absolute Gasteiger partial charge is 0.496 e. The van der Waals surface area contributed by atoms with Crippen LogP contribution in [0.15, 0.2) is 46.0 Å². The van der Waals surface area contributed by atoms with Crippen molar-refractivity contribution in [3.8, 4) is 5.75 Å². The number of guanidine groups is 1. The SMILES string of the molecule is CN=C(NCCCNC(=O)c1occc1C)NCCc1ccccc1OC.I. The molecule has 0 saturated heterocycles. The molecule has 0 unspecified atom stereocenters. The molecule has 0 saturated carbocycles. The minimum Gasteiger partial charge on any atom is -0.496 e. The molecular formula is C20H29IN4O3. The average Bonchev–Trinajstić information content (AvgIpc) is 3.12. The van der Waals surface area contributed by atoms with Crippen LogP contribution < -0.4 is 20.7 Å². The van der Waals surface area contributed by atoms with Crippen LogP contribution in [-0.4, -0.2) is 45.7 Å². The first-order chi connectivity index (χ1) is 13.2. The molecule has 1 aromatic heterocycles. The molecule has 1 amide bonds. The van der Waals surface area contributed by atoms with Gasteiger partial charge in [-0.1, -0.05) is 18.2 Å². The Bertz CT molecular complexity index is 761. The van der Waals surface area contributed by atoms with Gasteiger partial charge in [0.15, 0.2) is 11.7 Å². The minimum atomic E-state index is -0.184. The highest BCUT2D eigenvalue weighted by atomic mass is 127. The van der Waals surface area contributed by atoms with Crippen molar-refractivity contribution in [1.29, 1.82) is 0 Å². The number of methoxy groups -OCH3 is 1. The van der Waals surface area contributed by atoms with E-state index in [1.54, 1.807) is 20.2 Å². The predicted molar refractivity (Wildman–Crippen MR) is 122 cm³/mol. The van der Waals surface area contributed by atoms with Crippen molar-refractivity contribution in [3.63, 3.8) is 0 Å². The number of nitrogens with one attached hydrogen (secondary N) is 3. The molecule has 0 aliphatic carbocycles. The molecule has 1 aromatic carbocycles. The lowest BCUT2D eigenvalue weighted by Crippen LogP contribution is -2.39. The molecule has 28 heavy (non-hydrogen) atoms. The topological polar surface area (TPSA) is 87.9 Å². The molecule has 154 valence electrons. The first-order valence-electron chi connectivity index (χ1n) is 9.04. The lowest BCUT2D eigenvalue weighted by molar-refractivity contribution is 0.0925. The number of para-hydroxylation sites is 1. The molecule has 1 heterocycles. The fourth-order valence-electron chi connectivity index (χ4n) is 2.63. The standard InChI is InChI=1S/C20H28N4O3.HI/c1-15-10-14-27-18(15)19(25)22-11-6-12-23-20(21-2)24-13-9-16-7-4-5-8-17(16)26-3;/h4-5,7-8,10,14H,6,9,11-13H2,1-3H3,(H,22,25)(H2,21,23,24);1H. The molecule has 0 radical (unpaired) electrons. The van der Waals surface area contributed by atoms with Crippen LogP contribution in [0, 0.1) is 6.92 Å². The van der Waals surface area contributed by atoms with E-state index in [1.807, 2.05) is 25.1 Å². The monoisotopic (exact) mass is 500 g/mol. The van der Waals surface area contributed by atoms with Crippen molar-refractivity contribution < 1.29 is 13.9 Å². The lowest BCUT2D eigenvalue weighted by Gasteiger charge is -2.13. The summed E-state index contributed by atoms with van der Waals surface area (Å²) in [6.45, 7) is 3.85. The summed E-state index contributed by atoms with van der Waals surface area (Å²) in [5.74, 6) is 1.82. The molecule has 2 rings (SSSR count). The van der Waals surface area contributed by atoms with Gasteiger partial charge in [-0.15, -0.1) is 24.0 Å². The Morgan fingerprint density at radius 3 is 2.50 bits per heavy atom. The number of nitrogens with zero attached hydrogens (tertiary/aromatic N) is 1. The highest BCUT2D eigenvalue weighted by Gasteiger charge is 2.11. The van der Waals surface area contributed by atoms with Gasteiger partial charge >= 0.3 is 0 Å². The van der Waals surface area contributed by atoms with Gasteiger partial charge in [-0.3, -0.25) is 9.79 Å². The second kappa shape index (κ2) is 13.0.